The maximum Gasteiger partial charge on any atom is 0.348 e. The molecule has 2 heterocycles. The van der Waals surface area contributed by atoms with Crippen molar-refractivity contribution in [1.29, 1.82) is 0 Å². The monoisotopic (exact) mass is 349 g/mol. The predicted octanol–water partition coefficient (Wildman–Crippen LogP) is 3.03. The Labute approximate surface area is 142 Å². The molecule has 1 fully saturated rings. The molecule has 1 aliphatic heterocycles. The van der Waals surface area contributed by atoms with E-state index in [-0.39, 0.29) is 18.7 Å². The van der Waals surface area contributed by atoms with E-state index in [1.54, 1.807) is 17.0 Å². The highest BCUT2D eigenvalue weighted by molar-refractivity contribution is 7.12. The number of rotatable bonds is 4. The number of carboxylic acids is 1. The minimum Gasteiger partial charge on any atom is -0.478 e. The minimum atomic E-state index is -1.40. The zero-order valence-electron chi connectivity index (χ0n) is 12.8. The molecular weight excluding hydrogens is 333 g/mol. The Bertz CT molecular complexity index is 722. The maximum atomic E-state index is 13.0. The summed E-state index contributed by atoms with van der Waals surface area (Å²) in [6.45, 7) is 0.592. The van der Waals surface area contributed by atoms with Crippen LogP contribution in [0, 0.1) is 5.82 Å². The largest absolute Gasteiger partial charge is 0.478 e. The van der Waals surface area contributed by atoms with Crippen LogP contribution >= 0.6 is 11.3 Å². The van der Waals surface area contributed by atoms with Gasteiger partial charge in [0, 0.05) is 25.9 Å². The molecule has 1 aromatic heterocycles. The van der Waals surface area contributed by atoms with Crippen LogP contribution in [0.2, 0.25) is 0 Å². The Balaban J connectivity index is 1.71. The van der Waals surface area contributed by atoms with Gasteiger partial charge in [0.05, 0.1) is 4.88 Å². The first-order valence-electron chi connectivity index (χ1n) is 7.51. The van der Waals surface area contributed by atoms with Crippen LogP contribution in [0.3, 0.4) is 0 Å². The summed E-state index contributed by atoms with van der Waals surface area (Å²) in [4.78, 5) is 26.4. The lowest BCUT2D eigenvalue weighted by Crippen LogP contribution is -2.54. The number of carbonyl (C=O) groups excluding carboxylic acids is 1. The van der Waals surface area contributed by atoms with Gasteiger partial charge < -0.3 is 14.7 Å². The Kier molecular flexibility index (Phi) is 4.53. The van der Waals surface area contributed by atoms with Gasteiger partial charge in [-0.05, 0) is 35.7 Å². The lowest BCUT2D eigenvalue weighted by Gasteiger charge is -2.38. The third-order valence-electron chi connectivity index (χ3n) is 4.11. The van der Waals surface area contributed by atoms with Crippen LogP contribution < -0.4 is 4.74 Å². The highest BCUT2D eigenvalue weighted by Crippen LogP contribution is 2.30. The molecule has 5 nitrogen and oxygen atoms in total. The van der Waals surface area contributed by atoms with Gasteiger partial charge in [0.25, 0.3) is 5.91 Å². The number of nitrogens with zero attached hydrogens (tertiary/aromatic N) is 1. The van der Waals surface area contributed by atoms with Gasteiger partial charge in [-0.15, -0.1) is 11.3 Å². The van der Waals surface area contributed by atoms with Crippen molar-refractivity contribution in [3.8, 4) is 5.75 Å². The second-order valence-corrected chi connectivity index (χ2v) is 6.57. The quantitative estimate of drug-likeness (QED) is 0.921. The van der Waals surface area contributed by atoms with E-state index in [1.165, 1.54) is 35.6 Å². The summed E-state index contributed by atoms with van der Waals surface area (Å²) in [6.07, 6.45) is 0.355. The summed E-state index contributed by atoms with van der Waals surface area (Å²) in [5.41, 5.74) is -1.40. The minimum absolute atomic E-state index is 0.0919. The fourth-order valence-electron chi connectivity index (χ4n) is 2.71. The van der Waals surface area contributed by atoms with Crippen molar-refractivity contribution < 1.29 is 23.8 Å². The Morgan fingerprint density at radius 2 is 1.83 bits per heavy atom. The smallest absolute Gasteiger partial charge is 0.348 e. The molecule has 3 rings (SSSR count). The molecule has 24 heavy (non-hydrogen) atoms. The first-order valence-corrected chi connectivity index (χ1v) is 8.39. The van der Waals surface area contributed by atoms with Gasteiger partial charge in [-0.3, -0.25) is 4.79 Å². The van der Waals surface area contributed by atoms with E-state index in [1.807, 2.05) is 5.38 Å². The standard InChI is InChI=1S/C17H16FNO4S/c18-12-3-5-13(6-4-12)23-17(16(21)22)7-9-19(10-8-17)15(20)14-2-1-11-24-14/h1-6,11H,7-10H2,(H,21,22). The van der Waals surface area contributed by atoms with E-state index in [2.05, 4.69) is 0 Å². The van der Waals surface area contributed by atoms with Gasteiger partial charge in [-0.1, -0.05) is 6.07 Å². The Morgan fingerprint density at radius 3 is 2.38 bits per heavy atom. The number of hydrogen-bond acceptors (Lipinski definition) is 4. The fourth-order valence-corrected chi connectivity index (χ4v) is 3.41. The number of piperidine rings is 1. The summed E-state index contributed by atoms with van der Waals surface area (Å²) >= 11 is 1.36. The zero-order chi connectivity index (χ0) is 17.2. The Morgan fingerprint density at radius 1 is 1.17 bits per heavy atom. The third kappa shape index (κ3) is 3.26. The van der Waals surface area contributed by atoms with E-state index in [0.717, 1.165) is 0 Å². The number of amides is 1. The van der Waals surface area contributed by atoms with Crippen molar-refractivity contribution in [2.75, 3.05) is 13.1 Å². The number of likely N-dealkylation sites (tertiary alicyclic amines) is 1. The summed E-state index contributed by atoms with van der Waals surface area (Å²) < 4.78 is 18.7. The van der Waals surface area contributed by atoms with Crippen molar-refractivity contribution in [2.45, 2.75) is 18.4 Å². The number of carbonyl (C=O) groups is 2. The molecule has 1 N–H and O–H groups in total. The third-order valence-corrected chi connectivity index (χ3v) is 4.96. The van der Waals surface area contributed by atoms with Crippen LogP contribution in [0.1, 0.15) is 22.5 Å². The SMILES string of the molecule is O=C(c1cccs1)N1CCC(Oc2ccc(F)cc2)(C(=O)O)CC1. The lowest BCUT2D eigenvalue weighted by molar-refractivity contribution is -0.159. The summed E-state index contributed by atoms with van der Waals surface area (Å²) in [6, 6.07) is 8.81. The number of aliphatic carboxylic acids is 1. The molecule has 2 aromatic rings. The van der Waals surface area contributed by atoms with E-state index in [9.17, 15) is 19.1 Å². The van der Waals surface area contributed by atoms with Crippen LogP contribution in [-0.4, -0.2) is 40.6 Å². The van der Waals surface area contributed by atoms with Gasteiger partial charge in [0.15, 0.2) is 0 Å². The van der Waals surface area contributed by atoms with Crippen molar-refractivity contribution >= 4 is 23.2 Å². The lowest BCUT2D eigenvalue weighted by atomic mass is 9.91. The maximum absolute atomic E-state index is 13.0. The van der Waals surface area contributed by atoms with Crippen LogP contribution in [0.15, 0.2) is 41.8 Å². The number of benzene rings is 1. The highest BCUT2D eigenvalue weighted by Gasteiger charge is 2.45. The van der Waals surface area contributed by atoms with Crippen molar-refractivity contribution in [3.05, 3.63) is 52.5 Å². The van der Waals surface area contributed by atoms with Gasteiger partial charge in [0.1, 0.15) is 11.6 Å². The van der Waals surface area contributed by atoms with E-state index >= 15 is 0 Å². The van der Waals surface area contributed by atoms with Crippen molar-refractivity contribution in [2.24, 2.45) is 0 Å². The average molecular weight is 349 g/mol. The number of ether oxygens (including phenoxy) is 1. The van der Waals surface area contributed by atoms with Crippen molar-refractivity contribution in [3.63, 3.8) is 0 Å². The number of thiophene rings is 1. The van der Waals surface area contributed by atoms with Crippen molar-refractivity contribution in [1.82, 2.24) is 4.90 Å². The second-order valence-electron chi connectivity index (χ2n) is 5.62. The molecule has 0 saturated carbocycles. The molecule has 1 aromatic carbocycles. The molecule has 0 spiro atoms. The van der Waals surface area contributed by atoms with Crippen LogP contribution in [-0.2, 0) is 4.79 Å². The average Bonchev–Trinajstić information content (AvgIpc) is 3.11. The van der Waals surface area contributed by atoms with Crippen LogP contribution in [0.5, 0.6) is 5.75 Å². The molecule has 0 radical (unpaired) electrons. The van der Waals surface area contributed by atoms with Crippen LogP contribution in [0.4, 0.5) is 4.39 Å². The summed E-state index contributed by atoms with van der Waals surface area (Å²) in [5.74, 6) is -1.28. The molecule has 1 aliphatic rings. The Hall–Kier alpha value is -2.41. The number of halogens is 1. The molecule has 0 aliphatic carbocycles. The highest BCUT2D eigenvalue weighted by atomic mass is 32.1. The van der Waals surface area contributed by atoms with Gasteiger partial charge >= 0.3 is 5.97 Å². The summed E-state index contributed by atoms with van der Waals surface area (Å²) in [7, 11) is 0. The van der Waals surface area contributed by atoms with E-state index in [0.29, 0.717) is 23.7 Å². The first kappa shape index (κ1) is 16.4. The molecule has 1 amide bonds. The molecule has 0 unspecified atom stereocenters. The molecule has 7 heteroatoms. The predicted molar refractivity (Wildman–Crippen MR) is 86.9 cm³/mol. The second kappa shape index (κ2) is 6.60. The molecule has 0 atom stereocenters. The normalized spacial score (nSPS) is 16.6. The molecule has 1 saturated heterocycles. The topological polar surface area (TPSA) is 66.8 Å². The van der Waals surface area contributed by atoms with Crippen LogP contribution in [0.25, 0.3) is 0 Å². The first-order chi connectivity index (χ1) is 11.5. The molecular formula is C17H16FNO4S. The van der Waals surface area contributed by atoms with Gasteiger partial charge in [-0.2, -0.15) is 0 Å². The molecule has 126 valence electrons. The number of hydrogen-bond donors (Lipinski definition) is 1. The molecule has 0 bridgehead atoms. The van der Waals surface area contributed by atoms with Gasteiger partial charge in [0.2, 0.25) is 5.60 Å². The van der Waals surface area contributed by atoms with Gasteiger partial charge in [-0.25, -0.2) is 9.18 Å². The number of carboxylic acid groups (broad SMARTS) is 1. The zero-order valence-corrected chi connectivity index (χ0v) is 13.6. The fraction of sp³-hybridized carbons (Fsp3) is 0.294. The van der Waals surface area contributed by atoms with E-state index < -0.39 is 17.4 Å². The van der Waals surface area contributed by atoms with E-state index in [4.69, 9.17) is 4.74 Å². The summed E-state index contributed by atoms with van der Waals surface area (Å²) in [5, 5.41) is 11.4.